The van der Waals surface area contributed by atoms with Gasteiger partial charge in [-0.3, -0.25) is 4.99 Å². The predicted molar refractivity (Wildman–Crippen MR) is 108 cm³/mol. The minimum Gasteiger partial charge on any atom is -0.354 e. The average Bonchev–Trinajstić information content (AvgIpc) is 3.50. The first kappa shape index (κ1) is 18.5. The van der Waals surface area contributed by atoms with Crippen LogP contribution >= 0.6 is 0 Å². The summed E-state index contributed by atoms with van der Waals surface area (Å²) in [5.41, 5.74) is 0.803. The van der Waals surface area contributed by atoms with E-state index in [2.05, 4.69) is 37.6 Å². The van der Waals surface area contributed by atoms with E-state index >= 15 is 0 Å². The van der Waals surface area contributed by atoms with E-state index in [1.165, 1.54) is 0 Å². The molecule has 1 spiro atoms. The zero-order valence-electron chi connectivity index (χ0n) is 16.4. The van der Waals surface area contributed by atoms with Gasteiger partial charge in [0.05, 0.1) is 23.1 Å². The van der Waals surface area contributed by atoms with Gasteiger partial charge in [-0.25, -0.2) is 9.79 Å². The van der Waals surface area contributed by atoms with Crippen LogP contribution < -0.4 is 0 Å². The number of carbonyl (C=O) groups is 1. The molecule has 3 saturated heterocycles. The summed E-state index contributed by atoms with van der Waals surface area (Å²) in [4.78, 5) is 31.1. The normalized spacial score (nSPS) is 27.6. The fourth-order valence-electron chi connectivity index (χ4n) is 5.01. The van der Waals surface area contributed by atoms with Crippen LogP contribution in [0.4, 0.5) is 10.6 Å². The third-order valence-corrected chi connectivity index (χ3v) is 6.44. The monoisotopic (exact) mass is 381 g/mol. The van der Waals surface area contributed by atoms with E-state index in [-0.39, 0.29) is 17.5 Å². The molecule has 8 nitrogen and oxygen atoms in total. The molecule has 0 aromatic carbocycles. The van der Waals surface area contributed by atoms with Crippen molar-refractivity contribution in [1.29, 1.82) is 5.26 Å². The number of amides is 2. The van der Waals surface area contributed by atoms with Gasteiger partial charge in [-0.15, -0.1) is 0 Å². The van der Waals surface area contributed by atoms with Crippen molar-refractivity contribution < 1.29 is 4.79 Å². The summed E-state index contributed by atoms with van der Waals surface area (Å²) in [6.45, 7) is 7.32. The summed E-state index contributed by atoms with van der Waals surface area (Å²) in [7, 11) is 1.80. The van der Waals surface area contributed by atoms with Crippen molar-refractivity contribution in [3.05, 3.63) is 17.8 Å². The second-order valence-corrected chi connectivity index (χ2v) is 7.94. The lowest BCUT2D eigenvalue weighted by atomic mass is 9.95. The number of aliphatic imine (C=N–C) groups is 2. The highest BCUT2D eigenvalue weighted by atomic mass is 16.2. The summed E-state index contributed by atoms with van der Waals surface area (Å²) < 4.78 is 0. The minimum absolute atomic E-state index is 0.0279. The Kier molecular flexibility index (Phi) is 4.84. The third kappa shape index (κ3) is 2.95. The first-order valence-electron chi connectivity index (χ1n) is 9.94. The number of nitrogens with one attached hydrogen (secondary N) is 1. The number of likely N-dealkylation sites (tertiary alicyclic amines) is 3. The largest absolute Gasteiger partial charge is 0.354 e. The molecule has 3 aliphatic heterocycles. The second kappa shape index (κ2) is 7.30. The number of aromatic nitrogens is 1. The van der Waals surface area contributed by atoms with Gasteiger partial charge in [0.15, 0.2) is 0 Å². The predicted octanol–water partition coefficient (Wildman–Crippen LogP) is 2.23. The number of carbonyl (C=O) groups excluding carboxylic acids is 1. The Morgan fingerprint density at radius 1 is 1.36 bits per heavy atom. The Labute approximate surface area is 165 Å². The van der Waals surface area contributed by atoms with Gasteiger partial charge in [-0.1, -0.05) is 0 Å². The van der Waals surface area contributed by atoms with Crippen LogP contribution in [0.3, 0.4) is 0 Å². The highest BCUT2D eigenvalue weighted by Crippen LogP contribution is 2.39. The molecule has 0 saturated carbocycles. The van der Waals surface area contributed by atoms with Gasteiger partial charge in [0.25, 0.3) is 0 Å². The van der Waals surface area contributed by atoms with Crippen LogP contribution in [0.1, 0.15) is 31.2 Å². The van der Waals surface area contributed by atoms with Crippen molar-refractivity contribution in [3.8, 4) is 6.07 Å². The van der Waals surface area contributed by atoms with E-state index in [1.54, 1.807) is 7.05 Å². The lowest BCUT2D eigenvalue weighted by Crippen LogP contribution is -2.53. The Hall–Kier alpha value is -2.82. The van der Waals surface area contributed by atoms with Crippen LogP contribution in [0.15, 0.2) is 22.2 Å². The molecule has 8 heteroatoms. The van der Waals surface area contributed by atoms with Crippen LogP contribution in [-0.4, -0.2) is 83.6 Å². The summed E-state index contributed by atoms with van der Waals surface area (Å²) >= 11 is 0. The maximum Gasteiger partial charge on any atom is 0.320 e. The van der Waals surface area contributed by atoms with Crippen LogP contribution in [-0.2, 0) is 0 Å². The summed E-state index contributed by atoms with van der Waals surface area (Å²) in [5.74, 6) is 1.59. The molecule has 4 rings (SSSR count). The molecule has 0 radical (unpaired) electrons. The van der Waals surface area contributed by atoms with Gasteiger partial charge >= 0.3 is 6.03 Å². The van der Waals surface area contributed by atoms with Gasteiger partial charge in [0, 0.05) is 46.0 Å². The van der Waals surface area contributed by atoms with Crippen LogP contribution in [0, 0.1) is 17.2 Å². The van der Waals surface area contributed by atoms with Crippen LogP contribution in [0.5, 0.6) is 0 Å². The quantitative estimate of drug-likeness (QED) is 0.629. The molecular weight excluding hydrogens is 354 g/mol. The Morgan fingerprint density at radius 3 is 2.93 bits per heavy atom. The number of aromatic amines is 1. The van der Waals surface area contributed by atoms with E-state index in [0.29, 0.717) is 13.1 Å². The van der Waals surface area contributed by atoms with Gasteiger partial charge in [-0.2, -0.15) is 5.26 Å². The van der Waals surface area contributed by atoms with Gasteiger partial charge in [-0.05, 0) is 38.5 Å². The van der Waals surface area contributed by atoms with Crippen molar-refractivity contribution in [2.75, 3.05) is 39.8 Å². The van der Waals surface area contributed by atoms with Crippen LogP contribution in [0.2, 0.25) is 0 Å². The minimum atomic E-state index is -0.143. The van der Waals surface area contributed by atoms with Gasteiger partial charge in [0.2, 0.25) is 0 Å². The lowest BCUT2D eigenvalue weighted by Gasteiger charge is -2.37. The number of hydrogen-bond acceptors (Lipinski definition) is 4. The zero-order valence-corrected chi connectivity index (χ0v) is 16.4. The van der Waals surface area contributed by atoms with E-state index < -0.39 is 0 Å². The van der Waals surface area contributed by atoms with E-state index in [4.69, 9.17) is 5.26 Å². The molecule has 148 valence electrons. The molecule has 2 amide bonds. The van der Waals surface area contributed by atoms with E-state index in [0.717, 1.165) is 62.5 Å². The SMILES string of the molecule is C=Nc1[nH]ccc1C(=NC)N1CCC2(CCCN2C(=O)N2CCC(C#N)C2)C1. The average molecular weight is 381 g/mol. The molecule has 3 fully saturated rings. The summed E-state index contributed by atoms with van der Waals surface area (Å²) in [6.07, 6.45) is 5.61. The lowest BCUT2D eigenvalue weighted by molar-refractivity contribution is 0.122. The van der Waals surface area contributed by atoms with Crippen molar-refractivity contribution in [2.45, 2.75) is 31.2 Å². The van der Waals surface area contributed by atoms with E-state index in [9.17, 15) is 4.79 Å². The first-order valence-corrected chi connectivity index (χ1v) is 9.94. The zero-order chi connectivity index (χ0) is 19.7. The Balaban J connectivity index is 1.52. The molecule has 2 unspecified atom stereocenters. The van der Waals surface area contributed by atoms with Gasteiger partial charge in [0.1, 0.15) is 11.7 Å². The number of nitriles is 1. The molecule has 1 aromatic heterocycles. The standard InChI is InChI=1S/C20H27N7O/c1-22-17-16(4-8-24-17)18(23-2)26-11-7-20(14-26)6-3-9-27(20)19(28)25-10-5-15(12-21)13-25/h4,8,15,24H,1,3,5-7,9-11,13-14H2,2H3. The molecule has 2 atom stereocenters. The molecular formula is C20H27N7O. The number of H-pyrrole nitrogens is 1. The Bertz CT molecular complexity index is 838. The Morgan fingerprint density at radius 2 is 2.21 bits per heavy atom. The van der Waals surface area contributed by atoms with Crippen molar-refractivity contribution in [3.63, 3.8) is 0 Å². The van der Waals surface area contributed by atoms with E-state index in [1.807, 2.05) is 17.2 Å². The fraction of sp³-hybridized carbons (Fsp3) is 0.600. The molecule has 3 aliphatic rings. The number of hydrogen-bond donors (Lipinski definition) is 1. The first-order chi connectivity index (χ1) is 13.6. The molecule has 1 N–H and O–H groups in total. The molecule has 0 aliphatic carbocycles. The summed E-state index contributed by atoms with van der Waals surface area (Å²) in [6, 6.07) is 4.38. The topological polar surface area (TPSA) is 91.1 Å². The number of nitrogens with zero attached hydrogens (tertiary/aromatic N) is 6. The molecule has 0 bridgehead atoms. The highest BCUT2D eigenvalue weighted by molar-refractivity contribution is 6.02. The fourth-order valence-corrected chi connectivity index (χ4v) is 5.01. The highest BCUT2D eigenvalue weighted by Gasteiger charge is 2.50. The number of rotatable bonds is 2. The van der Waals surface area contributed by atoms with Gasteiger partial charge < -0.3 is 19.7 Å². The van der Waals surface area contributed by atoms with Crippen molar-refractivity contribution in [1.82, 2.24) is 19.7 Å². The smallest absolute Gasteiger partial charge is 0.320 e. The number of urea groups is 1. The second-order valence-electron chi connectivity index (χ2n) is 7.94. The molecule has 28 heavy (non-hydrogen) atoms. The number of amidine groups is 1. The maximum absolute atomic E-state index is 13.2. The van der Waals surface area contributed by atoms with Crippen molar-refractivity contribution in [2.24, 2.45) is 15.9 Å². The molecule has 4 heterocycles. The third-order valence-electron chi connectivity index (χ3n) is 6.44. The van der Waals surface area contributed by atoms with Crippen LogP contribution in [0.25, 0.3) is 0 Å². The molecule has 1 aromatic rings. The maximum atomic E-state index is 13.2. The summed E-state index contributed by atoms with van der Waals surface area (Å²) in [5, 5.41) is 9.16. The van der Waals surface area contributed by atoms with Crippen molar-refractivity contribution >= 4 is 24.4 Å².